The zero-order chi connectivity index (χ0) is 26.2. The van der Waals surface area contributed by atoms with E-state index < -0.39 is 12.7 Å². The van der Waals surface area contributed by atoms with Crippen LogP contribution in [0.4, 0.5) is 5.95 Å². The van der Waals surface area contributed by atoms with E-state index in [1.165, 1.54) is 19.4 Å². The van der Waals surface area contributed by atoms with Gasteiger partial charge in [-0.15, -0.1) is 0 Å². The Kier molecular flexibility index (Phi) is 7.95. The lowest BCUT2D eigenvalue weighted by Crippen LogP contribution is -2.32. The summed E-state index contributed by atoms with van der Waals surface area (Å²) in [6.45, 7) is 0.202. The molecule has 0 aliphatic rings. The van der Waals surface area contributed by atoms with Crippen molar-refractivity contribution in [2.45, 2.75) is 6.61 Å². The second kappa shape index (κ2) is 11.7. The molecule has 0 bridgehead atoms. The molecule has 37 heavy (non-hydrogen) atoms. The fourth-order valence-corrected chi connectivity index (χ4v) is 3.55. The van der Waals surface area contributed by atoms with Crippen LogP contribution in [0.15, 0.2) is 82.7 Å². The van der Waals surface area contributed by atoms with Crippen molar-refractivity contribution < 1.29 is 19.5 Å². The van der Waals surface area contributed by atoms with Crippen molar-refractivity contribution in [3.05, 3.63) is 99.8 Å². The Morgan fingerprint density at radius 1 is 1.14 bits per heavy atom. The van der Waals surface area contributed by atoms with Crippen molar-refractivity contribution in [3.63, 3.8) is 0 Å². The van der Waals surface area contributed by atoms with Crippen molar-refractivity contribution in [2.24, 2.45) is 5.10 Å². The standard InChI is InChI=1S/C26H22BN5O5/c1-36-22-13-18(12-21(27(34)35)24(22)37-16-17-8-4-2-5-9-17)15-29-32-26-30-23(19-10-6-3-7-11-19)20(14-28)25(33)31-26/h2-13,15,34-35H,16H2,1H3,(H2,30,31,32,33). The molecule has 0 atom stereocenters. The van der Waals surface area contributed by atoms with E-state index >= 15 is 0 Å². The molecule has 4 aromatic rings. The van der Waals surface area contributed by atoms with Gasteiger partial charge in [-0.3, -0.25) is 9.78 Å². The Hall–Kier alpha value is -4.92. The van der Waals surface area contributed by atoms with Crippen LogP contribution in [0.2, 0.25) is 0 Å². The minimum atomic E-state index is -1.83. The monoisotopic (exact) mass is 495 g/mol. The first-order chi connectivity index (χ1) is 18.0. The van der Waals surface area contributed by atoms with Crippen LogP contribution < -0.4 is 25.9 Å². The van der Waals surface area contributed by atoms with Gasteiger partial charge in [0.25, 0.3) is 5.56 Å². The average molecular weight is 495 g/mol. The number of anilines is 1. The SMILES string of the molecule is COc1cc(C=NNc2nc(-c3ccccc3)c(C#N)c(=O)[nH]2)cc(B(O)O)c1OCc1ccccc1. The lowest BCUT2D eigenvalue weighted by atomic mass is 9.78. The summed E-state index contributed by atoms with van der Waals surface area (Å²) in [5.41, 5.74) is 4.19. The van der Waals surface area contributed by atoms with Crippen LogP contribution >= 0.6 is 0 Å². The number of nitrogens with one attached hydrogen (secondary N) is 2. The number of benzene rings is 3. The molecule has 0 spiro atoms. The number of aromatic amines is 1. The summed E-state index contributed by atoms with van der Waals surface area (Å²) >= 11 is 0. The molecule has 0 radical (unpaired) electrons. The molecule has 0 amide bonds. The van der Waals surface area contributed by atoms with Gasteiger partial charge < -0.3 is 19.5 Å². The largest absolute Gasteiger partial charge is 0.493 e. The van der Waals surface area contributed by atoms with Gasteiger partial charge >= 0.3 is 7.12 Å². The van der Waals surface area contributed by atoms with Gasteiger partial charge in [0, 0.05) is 11.0 Å². The first-order valence-electron chi connectivity index (χ1n) is 11.1. The zero-order valence-corrected chi connectivity index (χ0v) is 19.8. The highest BCUT2D eigenvalue weighted by atomic mass is 16.5. The van der Waals surface area contributed by atoms with Gasteiger partial charge in [-0.25, -0.2) is 10.4 Å². The Morgan fingerprint density at radius 3 is 2.49 bits per heavy atom. The van der Waals surface area contributed by atoms with E-state index in [0.717, 1.165) is 5.56 Å². The molecule has 1 aromatic heterocycles. The predicted octanol–water partition coefficient (Wildman–Crippen LogP) is 2.02. The molecule has 0 aliphatic heterocycles. The van der Waals surface area contributed by atoms with E-state index in [1.807, 2.05) is 42.5 Å². The summed E-state index contributed by atoms with van der Waals surface area (Å²) in [6, 6.07) is 23.3. The van der Waals surface area contributed by atoms with Gasteiger partial charge in [-0.05, 0) is 23.3 Å². The number of aromatic nitrogens is 2. The molecule has 0 saturated carbocycles. The summed E-state index contributed by atoms with van der Waals surface area (Å²) in [6.07, 6.45) is 1.38. The molecule has 0 saturated heterocycles. The molecule has 0 unspecified atom stereocenters. The van der Waals surface area contributed by atoms with Crippen LogP contribution in [0.5, 0.6) is 11.5 Å². The molecule has 4 N–H and O–H groups in total. The number of nitrogens with zero attached hydrogens (tertiary/aromatic N) is 3. The minimum absolute atomic E-state index is 0.0244. The van der Waals surface area contributed by atoms with Gasteiger partial charge in [0.05, 0.1) is 19.0 Å². The van der Waals surface area contributed by atoms with Gasteiger partial charge in [-0.2, -0.15) is 10.4 Å². The van der Waals surface area contributed by atoms with Gasteiger partial charge in [0.15, 0.2) is 11.5 Å². The molecule has 11 heteroatoms. The van der Waals surface area contributed by atoms with Crippen molar-refractivity contribution in [3.8, 4) is 28.8 Å². The summed E-state index contributed by atoms with van der Waals surface area (Å²) in [7, 11) is -0.389. The molecule has 0 fully saturated rings. The van der Waals surface area contributed by atoms with Crippen molar-refractivity contribution in [1.82, 2.24) is 9.97 Å². The molecule has 10 nitrogen and oxygen atoms in total. The number of ether oxygens (including phenoxy) is 2. The Bertz CT molecular complexity index is 1500. The van der Waals surface area contributed by atoms with E-state index in [9.17, 15) is 20.1 Å². The van der Waals surface area contributed by atoms with E-state index in [0.29, 0.717) is 11.1 Å². The number of hydrazone groups is 1. The molecule has 184 valence electrons. The van der Waals surface area contributed by atoms with Gasteiger partial charge in [0.2, 0.25) is 5.95 Å². The quantitative estimate of drug-likeness (QED) is 0.156. The van der Waals surface area contributed by atoms with E-state index in [2.05, 4.69) is 20.5 Å². The second-order valence-corrected chi connectivity index (χ2v) is 7.78. The topological polar surface area (TPSA) is 153 Å². The molecule has 1 heterocycles. The number of H-pyrrole nitrogens is 1. The maximum Gasteiger partial charge on any atom is 0.492 e. The summed E-state index contributed by atoms with van der Waals surface area (Å²) in [4.78, 5) is 19.2. The van der Waals surface area contributed by atoms with Gasteiger partial charge in [0.1, 0.15) is 18.2 Å². The third-order valence-electron chi connectivity index (χ3n) is 5.29. The summed E-state index contributed by atoms with van der Waals surface area (Å²) < 4.78 is 11.3. The minimum Gasteiger partial charge on any atom is -0.493 e. The van der Waals surface area contributed by atoms with Crippen LogP contribution in [0.1, 0.15) is 16.7 Å². The lowest BCUT2D eigenvalue weighted by Gasteiger charge is -2.16. The highest BCUT2D eigenvalue weighted by Crippen LogP contribution is 2.27. The average Bonchev–Trinajstić information content (AvgIpc) is 2.92. The first-order valence-corrected chi connectivity index (χ1v) is 11.1. The van der Waals surface area contributed by atoms with Crippen LogP contribution in [0.3, 0.4) is 0 Å². The fraction of sp³-hybridized carbons (Fsp3) is 0.0769. The molecule has 3 aromatic carbocycles. The Morgan fingerprint density at radius 2 is 1.84 bits per heavy atom. The number of hydrogen-bond acceptors (Lipinski definition) is 9. The third-order valence-corrected chi connectivity index (χ3v) is 5.29. The maximum absolute atomic E-state index is 12.4. The number of rotatable bonds is 9. The van der Waals surface area contributed by atoms with Gasteiger partial charge in [-0.1, -0.05) is 60.7 Å². The van der Waals surface area contributed by atoms with Crippen LogP contribution in [-0.2, 0) is 6.61 Å². The molecule has 4 rings (SSSR count). The van der Waals surface area contributed by atoms with Crippen molar-refractivity contribution in [2.75, 3.05) is 12.5 Å². The van der Waals surface area contributed by atoms with E-state index in [4.69, 9.17) is 9.47 Å². The highest BCUT2D eigenvalue weighted by molar-refractivity contribution is 6.60. The zero-order valence-electron chi connectivity index (χ0n) is 19.8. The normalized spacial score (nSPS) is 10.6. The lowest BCUT2D eigenvalue weighted by molar-refractivity contribution is 0.285. The van der Waals surface area contributed by atoms with Crippen LogP contribution in [0.25, 0.3) is 11.3 Å². The fourth-order valence-electron chi connectivity index (χ4n) is 3.55. The van der Waals surface area contributed by atoms with Crippen LogP contribution in [0, 0.1) is 11.3 Å². The predicted molar refractivity (Wildman–Crippen MR) is 140 cm³/mol. The number of methoxy groups -OCH3 is 1. The van der Waals surface area contributed by atoms with E-state index in [-0.39, 0.29) is 40.8 Å². The highest BCUT2D eigenvalue weighted by Gasteiger charge is 2.22. The molecular formula is C26H22BN5O5. The van der Waals surface area contributed by atoms with Crippen LogP contribution in [-0.4, -0.2) is 40.5 Å². The van der Waals surface area contributed by atoms with Crippen molar-refractivity contribution >= 4 is 24.7 Å². The smallest absolute Gasteiger partial charge is 0.492 e. The Balaban J connectivity index is 1.59. The third kappa shape index (κ3) is 6.02. The second-order valence-electron chi connectivity index (χ2n) is 7.78. The van der Waals surface area contributed by atoms with Crippen molar-refractivity contribution in [1.29, 1.82) is 5.26 Å². The molecule has 0 aliphatic carbocycles. The Labute approximate surface area is 212 Å². The summed E-state index contributed by atoms with van der Waals surface area (Å²) in [5.74, 6) is 0.493. The maximum atomic E-state index is 12.4. The number of hydrogen-bond donors (Lipinski definition) is 4. The van der Waals surface area contributed by atoms with E-state index in [1.54, 1.807) is 30.3 Å². The molecular weight excluding hydrogens is 473 g/mol. The number of nitriles is 1. The first kappa shape index (κ1) is 25.2. The summed E-state index contributed by atoms with van der Waals surface area (Å²) in [5, 5.41) is 33.4.